The van der Waals surface area contributed by atoms with Crippen molar-refractivity contribution in [2.24, 2.45) is 0 Å². The van der Waals surface area contributed by atoms with Crippen LogP contribution in [-0.2, 0) is 9.59 Å². The van der Waals surface area contributed by atoms with E-state index in [1.165, 1.54) is 0 Å². The molecular weight excluding hydrogens is 282 g/mol. The average Bonchev–Trinajstić information content (AvgIpc) is 2.26. The van der Waals surface area contributed by atoms with Crippen LogP contribution in [0.5, 0.6) is 0 Å². The third-order valence-electron chi connectivity index (χ3n) is 2.82. The van der Waals surface area contributed by atoms with E-state index in [0.717, 1.165) is 0 Å². The number of carbonyl (C=O) groups excluding carboxylic acids is 2. The Hall–Kier alpha value is -1.38. The fourth-order valence-corrected chi connectivity index (χ4v) is 1.79. The zero-order chi connectivity index (χ0) is 15.6. The molecule has 5 nitrogen and oxygen atoms in total. The van der Waals surface area contributed by atoms with Crippen LogP contribution in [0.2, 0.25) is 0 Å². The van der Waals surface area contributed by atoms with Gasteiger partial charge in [0.2, 0.25) is 0 Å². The number of alkyl halides is 4. The van der Waals surface area contributed by atoms with Gasteiger partial charge >= 0.3 is 11.8 Å². The number of halogens is 4. The Morgan fingerprint density at radius 2 is 1.30 bits per heavy atom. The summed E-state index contributed by atoms with van der Waals surface area (Å²) in [4.78, 5) is 22.2. The zero-order valence-electron chi connectivity index (χ0n) is 11.1. The van der Waals surface area contributed by atoms with Gasteiger partial charge < -0.3 is 16.0 Å². The molecule has 116 valence electrons. The highest BCUT2D eigenvalue weighted by Gasteiger charge is 2.37. The molecule has 1 aliphatic heterocycles. The lowest BCUT2D eigenvalue weighted by atomic mass is 10.0. The molecule has 9 heteroatoms. The van der Waals surface area contributed by atoms with Crippen molar-refractivity contribution in [3.8, 4) is 0 Å². The third-order valence-corrected chi connectivity index (χ3v) is 2.82. The van der Waals surface area contributed by atoms with E-state index in [4.69, 9.17) is 0 Å². The minimum Gasteiger partial charge on any atom is -0.347 e. The Bertz CT molecular complexity index is 345. The Balaban J connectivity index is 2.51. The first kappa shape index (κ1) is 16.7. The van der Waals surface area contributed by atoms with Gasteiger partial charge in [-0.2, -0.15) is 17.6 Å². The lowest BCUT2D eigenvalue weighted by molar-refractivity contribution is -0.144. The molecule has 0 aliphatic carbocycles. The van der Waals surface area contributed by atoms with Gasteiger partial charge in [-0.05, 0) is 6.42 Å². The first-order chi connectivity index (χ1) is 9.00. The summed E-state index contributed by atoms with van der Waals surface area (Å²) in [7, 11) is 0. The summed E-state index contributed by atoms with van der Waals surface area (Å²) in [5.41, 5.74) is 0. The molecule has 3 N–H and O–H groups in total. The normalized spacial score (nSPS) is 24.1. The molecule has 1 rings (SSSR count). The summed E-state index contributed by atoms with van der Waals surface area (Å²) >= 11 is 0. The molecule has 1 aliphatic rings. The maximum atomic E-state index is 12.7. The lowest BCUT2D eigenvalue weighted by Gasteiger charge is -2.32. The lowest BCUT2D eigenvalue weighted by Crippen LogP contribution is -2.58. The molecule has 1 fully saturated rings. The zero-order valence-corrected chi connectivity index (χ0v) is 11.1. The van der Waals surface area contributed by atoms with E-state index < -0.39 is 35.7 Å². The van der Waals surface area contributed by atoms with Crippen LogP contribution in [-0.4, -0.2) is 48.8 Å². The van der Waals surface area contributed by atoms with Crippen LogP contribution in [0.25, 0.3) is 0 Å². The smallest absolute Gasteiger partial charge is 0.321 e. The van der Waals surface area contributed by atoms with Crippen LogP contribution in [0.1, 0.15) is 20.3 Å². The molecule has 0 aromatic carbocycles. The van der Waals surface area contributed by atoms with Gasteiger partial charge in [0.25, 0.3) is 11.8 Å². The van der Waals surface area contributed by atoms with Gasteiger partial charge in [-0.15, -0.1) is 0 Å². The molecular formula is C11H17F4N3O2. The van der Waals surface area contributed by atoms with Crippen molar-refractivity contribution in [2.75, 3.05) is 13.1 Å². The molecule has 0 saturated carbocycles. The molecule has 0 spiro atoms. The summed E-state index contributed by atoms with van der Waals surface area (Å²) in [5, 5.41) is 7.00. The Morgan fingerprint density at radius 1 is 0.950 bits per heavy atom. The molecule has 1 heterocycles. The summed E-state index contributed by atoms with van der Waals surface area (Å²) in [6.07, 6.45) is 0.108. The number of hydrogen-bond donors (Lipinski definition) is 3. The van der Waals surface area contributed by atoms with E-state index in [9.17, 15) is 27.2 Å². The molecule has 0 bridgehead atoms. The van der Waals surface area contributed by atoms with E-state index in [-0.39, 0.29) is 19.5 Å². The number of hydrogen-bond acceptors (Lipinski definition) is 3. The first-order valence-electron chi connectivity index (χ1n) is 6.08. The van der Waals surface area contributed by atoms with Crippen molar-refractivity contribution in [3.05, 3.63) is 0 Å². The van der Waals surface area contributed by atoms with E-state index in [1.807, 2.05) is 0 Å². The number of carbonyl (C=O) groups is 2. The van der Waals surface area contributed by atoms with Gasteiger partial charge in [0.05, 0.1) is 0 Å². The van der Waals surface area contributed by atoms with Gasteiger partial charge in [-0.25, -0.2) is 0 Å². The number of rotatable bonds is 4. The van der Waals surface area contributed by atoms with Crippen molar-refractivity contribution in [2.45, 2.75) is 44.2 Å². The van der Waals surface area contributed by atoms with E-state index >= 15 is 0 Å². The van der Waals surface area contributed by atoms with Gasteiger partial charge in [0.15, 0.2) is 0 Å². The minimum atomic E-state index is -3.51. The van der Waals surface area contributed by atoms with E-state index in [2.05, 4.69) is 16.0 Å². The predicted octanol–water partition coefficient (Wildman–Crippen LogP) is 0.260. The van der Waals surface area contributed by atoms with Gasteiger partial charge in [0, 0.05) is 39.0 Å². The fourth-order valence-electron chi connectivity index (χ4n) is 1.79. The average molecular weight is 299 g/mol. The Labute approximate surface area is 113 Å². The highest BCUT2D eigenvalue weighted by molar-refractivity contribution is 5.83. The number of nitrogens with one attached hydrogen (secondary N) is 3. The summed E-state index contributed by atoms with van der Waals surface area (Å²) in [5.74, 6) is -9.88. The second kappa shape index (κ2) is 5.94. The summed E-state index contributed by atoms with van der Waals surface area (Å²) in [6, 6.07) is -1.31. The molecule has 0 aromatic heterocycles. The maximum Gasteiger partial charge on any atom is 0.321 e. The molecule has 0 aromatic rings. The topological polar surface area (TPSA) is 70.2 Å². The van der Waals surface area contributed by atoms with E-state index in [1.54, 1.807) is 0 Å². The molecule has 2 atom stereocenters. The molecule has 2 unspecified atom stereocenters. The highest BCUT2D eigenvalue weighted by Crippen LogP contribution is 2.15. The maximum absolute atomic E-state index is 12.7. The van der Waals surface area contributed by atoms with E-state index in [0.29, 0.717) is 13.8 Å². The predicted molar refractivity (Wildman–Crippen MR) is 62.6 cm³/mol. The van der Waals surface area contributed by atoms with Crippen LogP contribution in [0.4, 0.5) is 17.6 Å². The second-order valence-electron chi connectivity index (χ2n) is 5.01. The van der Waals surface area contributed by atoms with Gasteiger partial charge in [-0.3, -0.25) is 9.59 Å². The minimum absolute atomic E-state index is 0.108. The van der Waals surface area contributed by atoms with Crippen LogP contribution < -0.4 is 16.0 Å². The highest BCUT2D eigenvalue weighted by atomic mass is 19.3. The summed E-state index contributed by atoms with van der Waals surface area (Å²) < 4.78 is 50.9. The van der Waals surface area contributed by atoms with Crippen molar-refractivity contribution in [1.82, 2.24) is 16.0 Å². The molecule has 0 radical (unpaired) electrons. The van der Waals surface area contributed by atoms with Crippen LogP contribution in [0, 0.1) is 0 Å². The molecule has 20 heavy (non-hydrogen) atoms. The van der Waals surface area contributed by atoms with Crippen LogP contribution in [0.3, 0.4) is 0 Å². The molecule has 1 saturated heterocycles. The van der Waals surface area contributed by atoms with Gasteiger partial charge in [0.1, 0.15) is 0 Å². The first-order valence-corrected chi connectivity index (χ1v) is 6.08. The Kier molecular flexibility index (Phi) is 4.95. The standard InChI is InChI=1S/C11H17F4N3O2/c1-10(12,13)8(19)17-6-3-7(5-16-4-6)18-9(20)11(2,14)15/h6-7,16H,3-5H2,1-2H3,(H,17,19)(H,18,20). The Morgan fingerprint density at radius 3 is 1.60 bits per heavy atom. The number of amides is 2. The quantitative estimate of drug-likeness (QED) is 0.652. The van der Waals surface area contributed by atoms with Crippen molar-refractivity contribution in [1.29, 1.82) is 0 Å². The summed E-state index contributed by atoms with van der Waals surface area (Å²) in [6.45, 7) is 1.40. The SMILES string of the molecule is CC(F)(F)C(=O)NC1CNCC(NC(=O)C(C)(F)F)C1. The van der Waals surface area contributed by atoms with Crippen LogP contribution >= 0.6 is 0 Å². The van der Waals surface area contributed by atoms with Crippen molar-refractivity contribution >= 4 is 11.8 Å². The monoisotopic (exact) mass is 299 g/mol. The second-order valence-corrected chi connectivity index (χ2v) is 5.01. The largest absolute Gasteiger partial charge is 0.347 e. The third kappa shape index (κ3) is 4.95. The van der Waals surface area contributed by atoms with Crippen molar-refractivity contribution in [3.63, 3.8) is 0 Å². The van der Waals surface area contributed by atoms with Crippen LogP contribution in [0.15, 0.2) is 0 Å². The van der Waals surface area contributed by atoms with Gasteiger partial charge in [-0.1, -0.05) is 0 Å². The number of piperidine rings is 1. The van der Waals surface area contributed by atoms with Crippen molar-refractivity contribution < 1.29 is 27.2 Å². The fraction of sp³-hybridized carbons (Fsp3) is 0.818. The molecule has 2 amide bonds.